The zero-order valence-corrected chi connectivity index (χ0v) is 17.8. The molecule has 2 saturated heterocycles. The highest BCUT2D eigenvalue weighted by atomic mass is 16.5. The summed E-state index contributed by atoms with van der Waals surface area (Å²) in [5, 5.41) is 5.96. The van der Waals surface area contributed by atoms with Crippen molar-refractivity contribution in [3.63, 3.8) is 0 Å². The molecule has 162 valence electrons. The van der Waals surface area contributed by atoms with Crippen molar-refractivity contribution in [2.24, 2.45) is 17.8 Å². The van der Waals surface area contributed by atoms with E-state index in [-0.39, 0.29) is 29.7 Å². The van der Waals surface area contributed by atoms with Gasteiger partial charge in [0.2, 0.25) is 11.8 Å². The maximum absolute atomic E-state index is 13.2. The van der Waals surface area contributed by atoms with Gasteiger partial charge in [-0.3, -0.25) is 14.4 Å². The van der Waals surface area contributed by atoms with Crippen molar-refractivity contribution in [3.05, 3.63) is 29.3 Å². The molecule has 0 bridgehead atoms. The predicted molar refractivity (Wildman–Crippen MR) is 113 cm³/mol. The molecular formula is C23H31N3O4. The lowest BCUT2D eigenvalue weighted by molar-refractivity contribution is -0.124. The highest BCUT2D eigenvalue weighted by Crippen LogP contribution is 2.38. The Morgan fingerprint density at radius 3 is 2.67 bits per heavy atom. The second kappa shape index (κ2) is 8.76. The van der Waals surface area contributed by atoms with Crippen molar-refractivity contribution in [1.82, 2.24) is 10.2 Å². The van der Waals surface area contributed by atoms with Gasteiger partial charge in [0.1, 0.15) is 0 Å². The number of benzene rings is 1. The number of rotatable bonds is 4. The van der Waals surface area contributed by atoms with Crippen LogP contribution in [0.4, 0.5) is 5.69 Å². The van der Waals surface area contributed by atoms with E-state index in [1.165, 1.54) is 0 Å². The van der Waals surface area contributed by atoms with E-state index in [9.17, 15) is 14.4 Å². The molecule has 1 saturated carbocycles. The number of nitrogens with one attached hydrogen (secondary N) is 2. The quantitative estimate of drug-likeness (QED) is 0.793. The summed E-state index contributed by atoms with van der Waals surface area (Å²) in [7, 11) is 1.85. The van der Waals surface area contributed by atoms with E-state index in [0.29, 0.717) is 42.7 Å². The summed E-state index contributed by atoms with van der Waals surface area (Å²) in [6, 6.07) is 5.64. The summed E-state index contributed by atoms with van der Waals surface area (Å²) < 4.78 is 5.34. The Kier molecular flexibility index (Phi) is 6.09. The zero-order chi connectivity index (χ0) is 21.3. The fraction of sp³-hybridized carbons (Fsp3) is 0.609. The van der Waals surface area contributed by atoms with Gasteiger partial charge in [0.15, 0.2) is 0 Å². The van der Waals surface area contributed by atoms with Gasteiger partial charge in [-0.05, 0) is 62.1 Å². The molecule has 0 unspecified atom stereocenters. The largest absolute Gasteiger partial charge is 0.381 e. The number of hydrogen-bond acceptors (Lipinski definition) is 4. The van der Waals surface area contributed by atoms with E-state index >= 15 is 0 Å². The number of amides is 3. The molecule has 7 heteroatoms. The van der Waals surface area contributed by atoms with E-state index in [4.69, 9.17) is 4.74 Å². The molecule has 3 aliphatic rings. The van der Waals surface area contributed by atoms with E-state index in [0.717, 1.165) is 37.8 Å². The summed E-state index contributed by atoms with van der Waals surface area (Å²) in [5.74, 6) is 0.852. The first-order chi connectivity index (χ1) is 14.4. The molecule has 2 N–H and O–H groups in total. The van der Waals surface area contributed by atoms with Crippen molar-refractivity contribution >= 4 is 23.4 Å². The molecule has 4 rings (SSSR count). The van der Waals surface area contributed by atoms with Crippen molar-refractivity contribution in [2.45, 2.75) is 45.1 Å². The third-order valence-corrected chi connectivity index (χ3v) is 7.03. The molecule has 3 amide bonds. The molecule has 0 spiro atoms. The highest BCUT2D eigenvalue weighted by Gasteiger charge is 2.40. The Hall–Kier alpha value is -2.41. The Morgan fingerprint density at radius 2 is 1.90 bits per heavy atom. The number of hydrogen-bond donors (Lipinski definition) is 2. The van der Waals surface area contributed by atoms with Crippen molar-refractivity contribution in [3.8, 4) is 0 Å². The molecule has 7 nitrogen and oxygen atoms in total. The fourth-order valence-electron chi connectivity index (χ4n) is 5.01. The van der Waals surface area contributed by atoms with Crippen LogP contribution < -0.4 is 10.6 Å². The van der Waals surface area contributed by atoms with E-state index in [1.54, 1.807) is 6.07 Å². The van der Waals surface area contributed by atoms with Gasteiger partial charge in [-0.2, -0.15) is 0 Å². The van der Waals surface area contributed by atoms with Crippen molar-refractivity contribution in [1.29, 1.82) is 0 Å². The monoisotopic (exact) mass is 413 g/mol. The minimum Gasteiger partial charge on any atom is -0.381 e. The molecule has 2 heterocycles. The minimum absolute atomic E-state index is 0.00334. The number of aryl methyl sites for hydroxylation is 1. The van der Waals surface area contributed by atoms with Gasteiger partial charge in [0.05, 0.1) is 0 Å². The summed E-state index contributed by atoms with van der Waals surface area (Å²) in [6.07, 6.45) is 3.82. The van der Waals surface area contributed by atoms with Gasteiger partial charge < -0.3 is 20.3 Å². The maximum atomic E-state index is 13.2. The van der Waals surface area contributed by atoms with Crippen LogP contribution in [0.5, 0.6) is 0 Å². The molecule has 0 radical (unpaired) electrons. The van der Waals surface area contributed by atoms with Gasteiger partial charge in [0, 0.05) is 56.4 Å². The zero-order valence-electron chi connectivity index (χ0n) is 17.8. The standard InChI is InChI=1S/C23H31N3O4/c1-14-3-4-16(11-20(14)25-22(28)15-5-7-30-8-6-15)23(29)26(2)19-9-17-12-21(27)24-13-18(17)10-19/h3-4,11,15,17-19H,5-10,12-13H2,1-2H3,(H,24,27)(H,25,28)/t17-,18+,19-/m0/s1. The number of nitrogens with zero attached hydrogens (tertiary/aromatic N) is 1. The van der Waals surface area contributed by atoms with Crippen LogP contribution in [0.3, 0.4) is 0 Å². The summed E-state index contributed by atoms with van der Waals surface area (Å²) >= 11 is 0. The molecule has 2 aliphatic heterocycles. The lowest BCUT2D eigenvalue weighted by Crippen LogP contribution is -2.38. The molecule has 30 heavy (non-hydrogen) atoms. The molecule has 3 fully saturated rings. The van der Waals surface area contributed by atoms with Crippen molar-refractivity contribution in [2.75, 3.05) is 32.1 Å². The van der Waals surface area contributed by atoms with Crippen LogP contribution in [-0.4, -0.2) is 55.5 Å². The van der Waals surface area contributed by atoms with Crippen LogP contribution in [0.25, 0.3) is 0 Å². The third kappa shape index (κ3) is 4.36. The second-order valence-electron chi connectivity index (χ2n) is 8.98. The number of carbonyl (C=O) groups excluding carboxylic acids is 3. The SMILES string of the molecule is Cc1ccc(C(=O)N(C)[C@H]2C[C@H]3CC(=O)NC[C@H]3C2)cc1NC(=O)C1CCOCC1. The lowest BCUT2D eigenvalue weighted by atomic mass is 9.89. The van der Waals surface area contributed by atoms with Gasteiger partial charge in [-0.1, -0.05) is 6.07 Å². The first-order valence-electron chi connectivity index (χ1n) is 11.0. The van der Waals surface area contributed by atoms with E-state index in [1.807, 2.05) is 31.0 Å². The average molecular weight is 414 g/mol. The number of piperidine rings is 1. The smallest absolute Gasteiger partial charge is 0.253 e. The van der Waals surface area contributed by atoms with Crippen LogP contribution in [0.1, 0.15) is 48.0 Å². The van der Waals surface area contributed by atoms with Crippen LogP contribution in [0.15, 0.2) is 18.2 Å². The van der Waals surface area contributed by atoms with E-state index < -0.39 is 0 Å². The summed E-state index contributed by atoms with van der Waals surface area (Å²) in [6.45, 7) is 3.88. The molecule has 3 atom stereocenters. The van der Waals surface area contributed by atoms with Crippen LogP contribution in [0, 0.1) is 24.7 Å². The van der Waals surface area contributed by atoms with Gasteiger partial charge in [0.25, 0.3) is 5.91 Å². The first-order valence-corrected chi connectivity index (χ1v) is 11.0. The van der Waals surface area contributed by atoms with Crippen LogP contribution in [0.2, 0.25) is 0 Å². The minimum atomic E-state index is -0.0432. The molecule has 1 aromatic rings. The van der Waals surface area contributed by atoms with E-state index in [2.05, 4.69) is 10.6 Å². The predicted octanol–water partition coefficient (Wildman–Crippen LogP) is 2.35. The Balaban J connectivity index is 1.43. The van der Waals surface area contributed by atoms with Gasteiger partial charge in [-0.15, -0.1) is 0 Å². The average Bonchev–Trinajstić information content (AvgIpc) is 3.18. The summed E-state index contributed by atoms with van der Waals surface area (Å²) in [5.41, 5.74) is 2.21. The second-order valence-corrected chi connectivity index (χ2v) is 8.98. The number of carbonyl (C=O) groups is 3. The van der Waals surface area contributed by atoms with Crippen LogP contribution >= 0.6 is 0 Å². The number of anilines is 1. The first kappa shape index (κ1) is 20.8. The molecule has 0 aromatic heterocycles. The van der Waals surface area contributed by atoms with Crippen LogP contribution in [-0.2, 0) is 14.3 Å². The third-order valence-electron chi connectivity index (χ3n) is 7.03. The summed E-state index contributed by atoms with van der Waals surface area (Å²) in [4.78, 5) is 39.3. The maximum Gasteiger partial charge on any atom is 0.253 e. The molecule has 1 aromatic carbocycles. The normalized spacial score (nSPS) is 26.6. The lowest BCUT2D eigenvalue weighted by Gasteiger charge is -2.25. The Bertz CT molecular complexity index is 834. The Labute approximate surface area is 177 Å². The molecular weight excluding hydrogens is 382 g/mol. The highest BCUT2D eigenvalue weighted by molar-refractivity contribution is 5.98. The topological polar surface area (TPSA) is 87.7 Å². The van der Waals surface area contributed by atoms with Gasteiger partial charge >= 0.3 is 0 Å². The fourth-order valence-corrected chi connectivity index (χ4v) is 5.01. The van der Waals surface area contributed by atoms with Gasteiger partial charge in [-0.25, -0.2) is 0 Å². The number of ether oxygens (including phenoxy) is 1. The molecule has 1 aliphatic carbocycles. The Morgan fingerprint density at radius 1 is 1.17 bits per heavy atom. The number of fused-ring (bicyclic) bond motifs is 1. The van der Waals surface area contributed by atoms with Crippen molar-refractivity contribution < 1.29 is 19.1 Å².